The molecule has 4 N–H and O–H groups in total. The molecule has 0 spiro atoms. The molecule has 90 valence electrons. The van der Waals surface area contributed by atoms with E-state index >= 15 is 0 Å². The fourth-order valence-electron chi connectivity index (χ4n) is 2.33. The highest BCUT2D eigenvalue weighted by molar-refractivity contribution is 4.87. The van der Waals surface area contributed by atoms with Gasteiger partial charge in [0.15, 0.2) is 0 Å². The summed E-state index contributed by atoms with van der Waals surface area (Å²) in [6.45, 7) is 2.77. The van der Waals surface area contributed by atoms with E-state index < -0.39 is 11.7 Å². The minimum atomic E-state index is -0.727. The maximum Gasteiger partial charge on any atom is 0.0894 e. The third-order valence-corrected chi connectivity index (χ3v) is 3.11. The van der Waals surface area contributed by atoms with E-state index in [2.05, 4.69) is 12.2 Å². The smallest absolute Gasteiger partial charge is 0.0894 e. The molecule has 0 heterocycles. The molecule has 0 saturated heterocycles. The van der Waals surface area contributed by atoms with Crippen LogP contribution in [-0.4, -0.2) is 46.7 Å². The van der Waals surface area contributed by atoms with E-state index in [0.29, 0.717) is 19.0 Å². The van der Waals surface area contributed by atoms with Crippen LogP contribution < -0.4 is 5.32 Å². The van der Waals surface area contributed by atoms with Crippen LogP contribution in [0.5, 0.6) is 0 Å². The molecular formula is C11H23NO3. The van der Waals surface area contributed by atoms with E-state index in [-0.39, 0.29) is 6.61 Å². The molecule has 4 nitrogen and oxygen atoms in total. The van der Waals surface area contributed by atoms with E-state index in [4.69, 9.17) is 10.2 Å². The van der Waals surface area contributed by atoms with Gasteiger partial charge in [-0.15, -0.1) is 0 Å². The third-order valence-electron chi connectivity index (χ3n) is 3.11. The Morgan fingerprint density at radius 1 is 1.53 bits per heavy atom. The van der Waals surface area contributed by atoms with Crippen molar-refractivity contribution in [2.24, 2.45) is 5.92 Å². The minimum absolute atomic E-state index is 0.234. The first kappa shape index (κ1) is 12.9. The van der Waals surface area contributed by atoms with Crippen LogP contribution in [0.1, 0.15) is 32.6 Å². The molecule has 0 aromatic heterocycles. The van der Waals surface area contributed by atoms with Crippen LogP contribution in [0, 0.1) is 5.92 Å². The van der Waals surface area contributed by atoms with Crippen LogP contribution in [0.25, 0.3) is 0 Å². The highest BCUT2D eigenvalue weighted by Gasteiger charge is 2.32. The fourth-order valence-corrected chi connectivity index (χ4v) is 2.33. The first-order chi connectivity index (χ1) is 7.06. The Labute approximate surface area is 91.3 Å². The lowest BCUT2D eigenvalue weighted by Gasteiger charge is -2.35. The van der Waals surface area contributed by atoms with Crippen LogP contribution in [0.3, 0.4) is 0 Å². The highest BCUT2D eigenvalue weighted by atomic mass is 16.3. The van der Waals surface area contributed by atoms with Gasteiger partial charge in [-0.05, 0) is 18.8 Å². The van der Waals surface area contributed by atoms with Gasteiger partial charge in [0.1, 0.15) is 0 Å². The van der Waals surface area contributed by atoms with Crippen LogP contribution >= 0.6 is 0 Å². The van der Waals surface area contributed by atoms with Gasteiger partial charge in [0.05, 0.1) is 18.3 Å². The third kappa shape index (κ3) is 4.47. The van der Waals surface area contributed by atoms with E-state index in [1.165, 1.54) is 6.42 Å². The van der Waals surface area contributed by atoms with Crippen LogP contribution in [0.2, 0.25) is 0 Å². The normalized spacial score (nSPS) is 34.0. The van der Waals surface area contributed by atoms with Crippen molar-refractivity contribution in [3.63, 3.8) is 0 Å². The monoisotopic (exact) mass is 217 g/mol. The molecule has 0 aromatic carbocycles. The Hall–Kier alpha value is -0.160. The molecule has 0 aromatic rings. The van der Waals surface area contributed by atoms with Gasteiger partial charge < -0.3 is 20.6 Å². The Morgan fingerprint density at radius 2 is 2.27 bits per heavy atom. The SMILES string of the molecule is CC1CCCC(O)(CNC[C@H](O)CO)C1. The van der Waals surface area contributed by atoms with Gasteiger partial charge in [-0.2, -0.15) is 0 Å². The Balaban J connectivity index is 2.23. The van der Waals surface area contributed by atoms with Crippen LogP contribution in [-0.2, 0) is 0 Å². The standard InChI is InChI=1S/C11H23NO3/c1-9-3-2-4-11(15,5-9)8-12-6-10(14)7-13/h9-10,12-15H,2-8H2,1H3/t9?,10-,11?/m0/s1. The quantitative estimate of drug-likeness (QED) is 0.518. The van der Waals surface area contributed by atoms with E-state index in [9.17, 15) is 5.11 Å². The maximum atomic E-state index is 10.2. The number of hydrogen-bond donors (Lipinski definition) is 4. The van der Waals surface area contributed by atoms with Gasteiger partial charge in [0.25, 0.3) is 0 Å². The topological polar surface area (TPSA) is 72.7 Å². The molecule has 1 aliphatic carbocycles. The summed E-state index contributed by atoms with van der Waals surface area (Å²) >= 11 is 0. The van der Waals surface area contributed by atoms with E-state index in [0.717, 1.165) is 19.3 Å². The lowest BCUT2D eigenvalue weighted by molar-refractivity contribution is -0.0147. The van der Waals surface area contributed by atoms with Crippen molar-refractivity contribution in [2.45, 2.75) is 44.3 Å². The van der Waals surface area contributed by atoms with E-state index in [1.54, 1.807) is 0 Å². The van der Waals surface area contributed by atoms with E-state index in [1.807, 2.05) is 0 Å². The predicted molar refractivity (Wildman–Crippen MR) is 58.5 cm³/mol. The zero-order chi connectivity index (χ0) is 11.3. The van der Waals surface area contributed by atoms with Gasteiger partial charge in [0.2, 0.25) is 0 Å². The predicted octanol–water partition coefficient (Wildman–Crippen LogP) is -0.130. The number of nitrogens with one attached hydrogen (secondary N) is 1. The molecule has 1 rings (SSSR count). The van der Waals surface area contributed by atoms with Crippen molar-refractivity contribution in [3.8, 4) is 0 Å². The zero-order valence-electron chi connectivity index (χ0n) is 9.45. The number of aliphatic hydroxyl groups excluding tert-OH is 2. The summed E-state index contributed by atoms with van der Waals surface area (Å²) in [5.41, 5.74) is -0.618. The number of hydrogen-bond acceptors (Lipinski definition) is 4. The summed E-state index contributed by atoms with van der Waals surface area (Å²) in [6, 6.07) is 0. The molecule has 0 aliphatic heterocycles. The molecule has 4 heteroatoms. The van der Waals surface area contributed by atoms with Gasteiger partial charge >= 0.3 is 0 Å². The summed E-state index contributed by atoms with van der Waals surface area (Å²) in [5.74, 6) is 0.577. The van der Waals surface area contributed by atoms with Gasteiger partial charge in [-0.25, -0.2) is 0 Å². The summed E-state index contributed by atoms with van der Waals surface area (Å²) in [5, 5.41) is 31.0. The highest BCUT2D eigenvalue weighted by Crippen LogP contribution is 2.31. The molecule has 1 saturated carbocycles. The van der Waals surface area contributed by atoms with Crippen LogP contribution in [0.15, 0.2) is 0 Å². The summed E-state index contributed by atoms with van der Waals surface area (Å²) in [6.07, 6.45) is 3.20. The van der Waals surface area contributed by atoms with Gasteiger partial charge in [-0.3, -0.25) is 0 Å². The molecule has 15 heavy (non-hydrogen) atoms. The minimum Gasteiger partial charge on any atom is -0.394 e. The lowest BCUT2D eigenvalue weighted by Crippen LogP contribution is -2.46. The summed E-state index contributed by atoms with van der Waals surface area (Å²) < 4.78 is 0. The van der Waals surface area contributed by atoms with Crippen LogP contribution in [0.4, 0.5) is 0 Å². The van der Waals surface area contributed by atoms with Gasteiger partial charge in [0, 0.05) is 13.1 Å². The fraction of sp³-hybridized carbons (Fsp3) is 1.00. The molecule has 3 atom stereocenters. The first-order valence-electron chi connectivity index (χ1n) is 5.78. The van der Waals surface area contributed by atoms with Crippen molar-refractivity contribution in [1.29, 1.82) is 0 Å². The average molecular weight is 217 g/mol. The maximum absolute atomic E-state index is 10.2. The van der Waals surface area contributed by atoms with Crippen molar-refractivity contribution in [1.82, 2.24) is 5.32 Å². The number of rotatable bonds is 5. The molecular weight excluding hydrogens is 194 g/mol. The Bertz CT molecular complexity index is 189. The zero-order valence-corrected chi connectivity index (χ0v) is 9.45. The lowest BCUT2D eigenvalue weighted by atomic mass is 9.79. The van der Waals surface area contributed by atoms with Gasteiger partial charge in [-0.1, -0.05) is 19.8 Å². The molecule has 2 unspecified atom stereocenters. The Kier molecular flexibility index (Phi) is 4.99. The molecule has 0 amide bonds. The second-order valence-corrected chi connectivity index (χ2v) is 4.89. The van der Waals surface area contributed by atoms with Crippen molar-refractivity contribution in [3.05, 3.63) is 0 Å². The average Bonchev–Trinajstić information content (AvgIpc) is 2.16. The van der Waals surface area contributed by atoms with Crippen molar-refractivity contribution in [2.75, 3.05) is 19.7 Å². The Morgan fingerprint density at radius 3 is 2.87 bits per heavy atom. The van der Waals surface area contributed by atoms with Crippen molar-refractivity contribution >= 4 is 0 Å². The second-order valence-electron chi connectivity index (χ2n) is 4.89. The molecule has 1 aliphatic rings. The molecule has 0 radical (unpaired) electrons. The first-order valence-corrected chi connectivity index (χ1v) is 5.78. The summed E-state index contributed by atoms with van der Waals surface area (Å²) in [7, 11) is 0. The second kappa shape index (κ2) is 5.80. The molecule has 0 bridgehead atoms. The van der Waals surface area contributed by atoms with Crippen molar-refractivity contribution < 1.29 is 15.3 Å². The summed E-state index contributed by atoms with van der Waals surface area (Å²) in [4.78, 5) is 0. The molecule has 1 fully saturated rings. The number of aliphatic hydroxyl groups is 3. The largest absolute Gasteiger partial charge is 0.394 e.